The van der Waals surface area contributed by atoms with Gasteiger partial charge in [0.25, 0.3) is 0 Å². The molecule has 0 unspecified atom stereocenters. The van der Waals surface area contributed by atoms with E-state index in [1.807, 2.05) is 0 Å². The van der Waals surface area contributed by atoms with Gasteiger partial charge >= 0.3 is 5.97 Å². The zero-order valence-electron chi connectivity index (χ0n) is 14.5. The summed E-state index contributed by atoms with van der Waals surface area (Å²) in [6, 6.07) is 6.43. The Kier molecular flexibility index (Phi) is 4.36. The van der Waals surface area contributed by atoms with Gasteiger partial charge in [-0.3, -0.25) is 0 Å². The molecule has 0 radical (unpaired) electrons. The molecule has 0 atom stereocenters. The average molecular weight is 370 g/mol. The number of aromatic nitrogens is 1. The van der Waals surface area contributed by atoms with Crippen molar-refractivity contribution in [2.45, 2.75) is 32.6 Å². The number of anilines is 1. The molecule has 6 heteroatoms. The van der Waals surface area contributed by atoms with Crippen LogP contribution < -0.4 is 5.73 Å². The number of thiophene rings is 1. The second-order valence-corrected chi connectivity index (χ2v) is 7.37. The standard InChI is InChI=1S/C20H19FN2O2S/c1-2-25-20(24)18-17(22)16-15(11-7-9-12(21)10-8-11)13-5-3-4-6-14(13)23-19(16)26-18/h7-10H,2-6,22H2,1H3. The molecule has 0 amide bonds. The van der Waals surface area contributed by atoms with Gasteiger partial charge in [0.05, 0.1) is 12.3 Å². The lowest BCUT2D eigenvalue weighted by Crippen LogP contribution is -2.08. The van der Waals surface area contributed by atoms with Gasteiger partial charge < -0.3 is 10.5 Å². The van der Waals surface area contributed by atoms with Crippen LogP contribution in [0.1, 0.15) is 40.7 Å². The zero-order chi connectivity index (χ0) is 18.3. The van der Waals surface area contributed by atoms with Crippen molar-refractivity contribution in [3.63, 3.8) is 0 Å². The predicted molar refractivity (Wildman–Crippen MR) is 102 cm³/mol. The molecule has 0 bridgehead atoms. The summed E-state index contributed by atoms with van der Waals surface area (Å²) in [5.41, 5.74) is 10.9. The molecule has 1 aromatic carbocycles. The van der Waals surface area contributed by atoms with E-state index in [1.54, 1.807) is 19.1 Å². The van der Waals surface area contributed by atoms with Crippen LogP contribution in [-0.2, 0) is 17.6 Å². The fourth-order valence-corrected chi connectivity index (χ4v) is 4.61. The molecule has 0 fully saturated rings. The van der Waals surface area contributed by atoms with Crippen molar-refractivity contribution >= 4 is 33.2 Å². The Morgan fingerprint density at radius 3 is 2.73 bits per heavy atom. The third kappa shape index (κ3) is 2.74. The number of pyridine rings is 1. The molecule has 4 rings (SSSR count). The summed E-state index contributed by atoms with van der Waals surface area (Å²) in [5.74, 6) is -0.700. The van der Waals surface area contributed by atoms with Crippen LogP contribution in [0, 0.1) is 5.82 Å². The van der Waals surface area contributed by atoms with Crippen LogP contribution in [0.3, 0.4) is 0 Å². The maximum atomic E-state index is 13.4. The number of nitrogen functional groups attached to an aromatic ring is 1. The van der Waals surface area contributed by atoms with Gasteiger partial charge in [0, 0.05) is 11.1 Å². The monoisotopic (exact) mass is 370 g/mol. The fourth-order valence-electron chi connectivity index (χ4n) is 3.59. The number of nitrogens with zero attached hydrogens (tertiary/aromatic N) is 1. The minimum absolute atomic E-state index is 0.279. The van der Waals surface area contributed by atoms with Crippen molar-refractivity contribution < 1.29 is 13.9 Å². The number of nitrogens with two attached hydrogens (primary N) is 1. The molecule has 2 N–H and O–H groups in total. The van der Waals surface area contributed by atoms with E-state index in [2.05, 4.69) is 0 Å². The molecule has 0 saturated heterocycles. The Morgan fingerprint density at radius 1 is 1.27 bits per heavy atom. The molecule has 0 aliphatic heterocycles. The first-order valence-electron chi connectivity index (χ1n) is 8.77. The normalized spacial score (nSPS) is 13.6. The molecular formula is C20H19FN2O2S. The van der Waals surface area contributed by atoms with Crippen molar-refractivity contribution in [2.75, 3.05) is 12.3 Å². The number of carbonyl (C=O) groups excluding carboxylic acids is 1. The quantitative estimate of drug-likeness (QED) is 0.676. The zero-order valence-corrected chi connectivity index (χ0v) is 15.3. The number of rotatable bonds is 3. The molecule has 2 heterocycles. The molecule has 2 aromatic heterocycles. The SMILES string of the molecule is CCOC(=O)c1sc2nc3c(c(-c4ccc(F)cc4)c2c1N)CCCC3. The largest absolute Gasteiger partial charge is 0.462 e. The second-order valence-electron chi connectivity index (χ2n) is 6.37. The lowest BCUT2D eigenvalue weighted by molar-refractivity contribution is 0.0533. The van der Waals surface area contributed by atoms with E-state index >= 15 is 0 Å². The molecule has 134 valence electrons. The molecule has 3 aromatic rings. The van der Waals surface area contributed by atoms with E-state index in [9.17, 15) is 9.18 Å². The van der Waals surface area contributed by atoms with Crippen LogP contribution in [-0.4, -0.2) is 17.6 Å². The summed E-state index contributed by atoms with van der Waals surface area (Å²) in [6.07, 6.45) is 4.00. The summed E-state index contributed by atoms with van der Waals surface area (Å²) < 4.78 is 18.6. The fraction of sp³-hybridized carbons (Fsp3) is 0.300. The third-order valence-electron chi connectivity index (χ3n) is 4.75. The van der Waals surface area contributed by atoms with Gasteiger partial charge in [0.15, 0.2) is 0 Å². The van der Waals surface area contributed by atoms with Gasteiger partial charge in [0.2, 0.25) is 0 Å². The van der Waals surface area contributed by atoms with Gasteiger partial charge in [-0.1, -0.05) is 12.1 Å². The van der Waals surface area contributed by atoms with Crippen LogP contribution in [0.25, 0.3) is 21.3 Å². The number of carbonyl (C=O) groups is 1. The third-order valence-corrected chi connectivity index (χ3v) is 5.83. The van der Waals surface area contributed by atoms with E-state index in [0.29, 0.717) is 17.2 Å². The topological polar surface area (TPSA) is 65.2 Å². The minimum atomic E-state index is -0.420. The van der Waals surface area contributed by atoms with Crippen molar-refractivity contribution in [1.82, 2.24) is 4.98 Å². The maximum absolute atomic E-state index is 13.4. The molecular weight excluding hydrogens is 351 g/mol. The van der Waals surface area contributed by atoms with Crippen molar-refractivity contribution in [3.05, 3.63) is 46.2 Å². The number of fused-ring (bicyclic) bond motifs is 2. The summed E-state index contributed by atoms with van der Waals surface area (Å²) in [5, 5.41) is 0.783. The van der Waals surface area contributed by atoms with Gasteiger partial charge in [-0.05, 0) is 61.4 Å². The van der Waals surface area contributed by atoms with E-state index < -0.39 is 5.97 Å². The molecule has 0 spiro atoms. The lowest BCUT2D eigenvalue weighted by Gasteiger charge is -2.20. The molecule has 26 heavy (non-hydrogen) atoms. The van der Waals surface area contributed by atoms with Crippen molar-refractivity contribution in [1.29, 1.82) is 0 Å². The Labute approximate surface area is 154 Å². The maximum Gasteiger partial charge on any atom is 0.350 e. The highest BCUT2D eigenvalue weighted by atomic mass is 32.1. The smallest absolute Gasteiger partial charge is 0.350 e. The van der Waals surface area contributed by atoms with Gasteiger partial charge in [-0.25, -0.2) is 14.2 Å². The van der Waals surface area contributed by atoms with E-state index in [4.69, 9.17) is 15.5 Å². The summed E-state index contributed by atoms with van der Waals surface area (Å²) in [7, 11) is 0. The van der Waals surface area contributed by atoms with Gasteiger partial charge in [-0.15, -0.1) is 11.3 Å². The Bertz CT molecular complexity index is 995. The van der Waals surface area contributed by atoms with Crippen LogP contribution >= 0.6 is 11.3 Å². The highest BCUT2D eigenvalue weighted by Crippen LogP contribution is 2.43. The highest BCUT2D eigenvalue weighted by molar-refractivity contribution is 7.21. The van der Waals surface area contributed by atoms with E-state index in [0.717, 1.165) is 58.3 Å². The Morgan fingerprint density at radius 2 is 2.00 bits per heavy atom. The highest BCUT2D eigenvalue weighted by Gasteiger charge is 2.26. The number of hydrogen-bond donors (Lipinski definition) is 1. The van der Waals surface area contributed by atoms with Crippen LogP contribution in [0.5, 0.6) is 0 Å². The predicted octanol–water partition coefficient (Wildman–Crippen LogP) is 4.74. The summed E-state index contributed by atoms with van der Waals surface area (Å²) in [4.78, 5) is 18.2. The number of esters is 1. The Hall–Kier alpha value is -2.47. The average Bonchev–Trinajstić information content (AvgIpc) is 2.97. The molecule has 4 nitrogen and oxygen atoms in total. The minimum Gasteiger partial charge on any atom is -0.462 e. The molecule has 1 aliphatic carbocycles. The van der Waals surface area contributed by atoms with Crippen LogP contribution in [0.4, 0.5) is 10.1 Å². The van der Waals surface area contributed by atoms with Gasteiger partial charge in [-0.2, -0.15) is 0 Å². The van der Waals surface area contributed by atoms with Crippen molar-refractivity contribution in [2.24, 2.45) is 0 Å². The Balaban J connectivity index is 2.03. The number of ether oxygens (including phenoxy) is 1. The van der Waals surface area contributed by atoms with Gasteiger partial charge in [0.1, 0.15) is 15.5 Å². The van der Waals surface area contributed by atoms with E-state index in [-0.39, 0.29) is 5.82 Å². The van der Waals surface area contributed by atoms with Crippen molar-refractivity contribution in [3.8, 4) is 11.1 Å². The summed E-state index contributed by atoms with van der Waals surface area (Å²) >= 11 is 1.27. The first kappa shape index (κ1) is 17.0. The second kappa shape index (κ2) is 6.68. The number of aryl methyl sites for hydroxylation is 1. The first-order valence-corrected chi connectivity index (χ1v) is 9.58. The molecule has 1 aliphatic rings. The number of hydrogen-bond acceptors (Lipinski definition) is 5. The molecule has 0 saturated carbocycles. The van der Waals surface area contributed by atoms with Crippen LogP contribution in [0.2, 0.25) is 0 Å². The lowest BCUT2D eigenvalue weighted by atomic mass is 9.87. The summed E-state index contributed by atoms with van der Waals surface area (Å²) in [6.45, 7) is 2.06. The number of halogens is 1. The van der Waals surface area contributed by atoms with E-state index in [1.165, 1.54) is 23.5 Å². The first-order chi connectivity index (χ1) is 12.6. The van der Waals surface area contributed by atoms with Crippen LogP contribution in [0.15, 0.2) is 24.3 Å². The number of benzene rings is 1.